The molecule has 2 aromatic carbocycles. The van der Waals surface area contributed by atoms with Crippen LogP contribution in [0.25, 0.3) is 11.1 Å². The molecule has 0 radical (unpaired) electrons. The van der Waals surface area contributed by atoms with E-state index in [1.807, 2.05) is 0 Å². The Morgan fingerprint density at radius 1 is 1.04 bits per heavy atom. The second kappa shape index (κ2) is 6.39. The van der Waals surface area contributed by atoms with Gasteiger partial charge in [0, 0.05) is 11.6 Å². The molecule has 0 fully saturated rings. The number of carbonyl (C=O) groups is 2. The van der Waals surface area contributed by atoms with E-state index in [4.69, 9.17) is 4.74 Å². The molecule has 0 saturated carbocycles. The Kier molecular flexibility index (Phi) is 4.68. The molecule has 0 unspecified atom stereocenters. The summed E-state index contributed by atoms with van der Waals surface area (Å²) in [7, 11) is 0. The van der Waals surface area contributed by atoms with Crippen LogP contribution in [-0.2, 0) is 4.79 Å². The van der Waals surface area contributed by atoms with E-state index in [1.54, 1.807) is 20.8 Å². The van der Waals surface area contributed by atoms with Crippen molar-refractivity contribution >= 4 is 11.9 Å². The Bertz CT molecular complexity index is 807. The van der Waals surface area contributed by atoms with Crippen molar-refractivity contribution in [3.05, 3.63) is 53.6 Å². The second-order valence-electron chi connectivity index (χ2n) is 6.28. The highest BCUT2D eigenvalue weighted by Crippen LogP contribution is 2.30. The van der Waals surface area contributed by atoms with Crippen LogP contribution in [0.5, 0.6) is 5.75 Å². The van der Waals surface area contributed by atoms with Crippen LogP contribution in [-0.4, -0.2) is 17.0 Å². The van der Waals surface area contributed by atoms with E-state index >= 15 is 0 Å². The van der Waals surface area contributed by atoms with Gasteiger partial charge in [0.25, 0.3) is 0 Å². The lowest BCUT2D eigenvalue weighted by atomic mass is 9.97. The van der Waals surface area contributed by atoms with E-state index in [0.29, 0.717) is 6.07 Å². The maximum absolute atomic E-state index is 13.9. The number of esters is 1. The summed E-state index contributed by atoms with van der Waals surface area (Å²) >= 11 is 0. The average Bonchev–Trinajstić information content (AvgIpc) is 2.46. The van der Waals surface area contributed by atoms with E-state index < -0.39 is 29.0 Å². The molecule has 0 amide bonds. The van der Waals surface area contributed by atoms with Gasteiger partial charge in [-0.3, -0.25) is 4.79 Å². The Morgan fingerprint density at radius 3 is 2.25 bits per heavy atom. The van der Waals surface area contributed by atoms with E-state index in [-0.39, 0.29) is 22.4 Å². The summed E-state index contributed by atoms with van der Waals surface area (Å²) in [4.78, 5) is 23.4. The van der Waals surface area contributed by atoms with Crippen molar-refractivity contribution in [2.75, 3.05) is 0 Å². The van der Waals surface area contributed by atoms with Crippen molar-refractivity contribution < 1.29 is 28.2 Å². The van der Waals surface area contributed by atoms with E-state index in [9.17, 15) is 23.5 Å². The molecule has 24 heavy (non-hydrogen) atoms. The molecule has 0 heterocycles. The van der Waals surface area contributed by atoms with Gasteiger partial charge in [-0.25, -0.2) is 13.6 Å². The predicted molar refractivity (Wildman–Crippen MR) is 83.8 cm³/mol. The molecule has 0 spiro atoms. The van der Waals surface area contributed by atoms with E-state index in [1.165, 1.54) is 24.3 Å². The normalized spacial score (nSPS) is 11.2. The van der Waals surface area contributed by atoms with Gasteiger partial charge in [0.1, 0.15) is 22.9 Å². The van der Waals surface area contributed by atoms with Crippen molar-refractivity contribution in [2.24, 2.45) is 5.41 Å². The standard InChI is InChI=1S/C18H16F2O4/c1-18(2,3)17(23)24-15-7-4-10(8-13(15)16(21)22)12-6-5-11(19)9-14(12)20/h4-9H,1-3H3,(H,21,22). The first-order valence-electron chi connectivity index (χ1n) is 7.14. The van der Waals surface area contributed by atoms with Crippen molar-refractivity contribution in [3.63, 3.8) is 0 Å². The summed E-state index contributed by atoms with van der Waals surface area (Å²) in [5.41, 5.74) is -0.806. The van der Waals surface area contributed by atoms with Crippen molar-refractivity contribution in [1.82, 2.24) is 0 Å². The SMILES string of the molecule is CC(C)(C)C(=O)Oc1ccc(-c2ccc(F)cc2F)cc1C(=O)O. The summed E-state index contributed by atoms with van der Waals surface area (Å²) in [5, 5.41) is 9.32. The summed E-state index contributed by atoms with van der Waals surface area (Å²) in [6.07, 6.45) is 0. The molecule has 0 aliphatic rings. The molecule has 6 heteroatoms. The fraction of sp³-hybridized carbons (Fsp3) is 0.222. The smallest absolute Gasteiger partial charge is 0.339 e. The van der Waals surface area contributed by atoms with Gasteiger partial charge < -0.3 is 9.84 Å². The van der Waals surface area contributed by atoms with Gasteiger partial charge in [-0.2, -0.15) is 0 Å². The number of aromatic carboxylic acids is 1. The van der Waals surface area contributed by atoms with Crippen LogP contribution < -0.4 is 4.74 Å². The lowest BCUT2D eigenvalue weighted by Gasteiger charge is -2.17. The number of hydrogen-bond donors (Lipinski definition) is 1. The van der Waals surface area contributed by atoms with Crippen LogP contribution in [0.2, 0.25) is 0 Å². The van der Waals surface area contributed by atoms with Crippen molar-refractivity contribution in [1.29, 1.82) is 0 Å². The topological polar surface area (TPSA) is 63.6 Å². The first-order chi connectivity index (χ1) is 11.1. The fourth-order valence-corrected chi connectivity index (χ4v) is 1.93. The Labute approximate surface area is 137 Å². The average molecular weight is 334 g/mol. The number of ether oxygens (including phenoxy) is 1. The molecule has 0 aliphatic heterocycles. The minimum absolute atomic E-state index is 0.0487. The van der Waals surface area contributed by atoms with Gasteiger partial charge >= 0.3 is 11.9 Å². The lowest BCUT2D eigenvalue weighted by Crippen LogP contribution is -2.26. The van der Waals surface area contributed by atoms with E-state index in [0.717, 1.165) is 6.07 Å². The maximum Gasteiger partial charge on any atom is 0.339 e. The maximum atomic E-state index is 13.9. The summed E-state index contributed by atoms with van der Waals surface area (Å²) in [5.74, 6) is -3.59. The number of halogens is 2. The van der Waals surface area contributed by atoms with E-state index in [2.05, 4.69) is 0 Å². The van der Waals surface area contributed by atoms with Gasteiger partial charge in [0.2, 0.25) is 0 Å². The first-order valence-corrected chi connectivity index (χ1v) is 7.14. The van der Waals surface area contributed by atoms with Gasteiger partial charge in [-0.1, -0.05) is 6.07 Å². The second-order valence-corrected chi connectivity index (χ2v) is 6.28. The Hall–Kier alpha value is -2.76. The minimum atomic E-state index is -1.32. The van der Waals surface area contributed by atoms with Gasteiger partial charge in [-0.15, -0.1) is 0 Å². The van der Waals surface area contributed by atoms with Crippen LogP contribution >= 0.6 is 0 Å². The molecule has 2 aromatic rings. The summed E-state index contributed by atoms with van der Waals surface area (Å²) in [6.45, 7) is 4.91. The molecule has 0 bridgehead atoms. The Morgan fingerprint density at radius 2 is 1.71 bits per heavy atom. The zero-order valence-electron chi connectivity index (χ0n) is 13.4. The Balaban J connectivity index is 2.47. The molecule has 0 saturated heterocycles. The number of carbonyl (C=O) groups excluding carboxylic acids is 1. The first kappa shape index (κ1) is 17.6. The lowest BCUT2D eigenvalue weighted by molar-refractivity contribution is -0.143. The van der Waals surface area contributed by atoms with Crippen molar-refractivity contribution in [3.8, 4) is 16.9 Å². The zero-order chi connectivity index (χ0) is 18.1. The molecule has 1 N–H and O–H groups in total. The number of benzene rings is 2. The van der Waals surface area contributed by atoms with Crippen LogP contribution in [0, 0.1) is 17.0 Å². The molecule has 2 rings (SSSR count). The minimum Gasteiger partial charge on any atom is -0.478 e. The predicted octanol–water partition coefficient (Wildman–Crippen LogP) is 4.28. The third kappa shape index (κ3) is 3.76. The van der Waals surface area contributed by atoms with Crippen LogP contribution in [0.4, 0.5) is 8.78 Å². The molecule has 0 atom stereocenters. The van der Waals surface area contributed by atoms with Gasteiger partial charge in [-0.05, 0) is 50.6 Å². The zero-order valence-corrected chi connectivity index (χ0v) is 13.4. The summed E-state index contributed by atoms with van der Waals surface area (Å²) in [6, 6.07) is 6.88. The van der Waals surface area contributed by atoms with Crippen LogP contribution in [0.1, 0.15) is 31.1 Å². The molecular weight excluding hydrogens is 318 g/mol. The monoisotopic (exact) mass is 334 g/mol. The molecule has 0 aromatic heterocycles. The number of carboxylic acid groups (broad SMARTS) is 1. The molecular formula is C18H16F2O4. The van der Waals surface area contributed by atoms with Gasteiger partial charge in [0.15, 0.2) is 0 Å². The largest absolute Gasteiger partial charge is 0.478 e. The number of carboxylic acids is 1. The van der Waals surface area contributed by atoms with Crippen LogP contribution in [0.3, 0.4) is 0 Å². The van der Waals surface area contributed by atoms with Gasteiger partial charge in [0.05, 0.1) is 5.41 Å². The van der Waals surface area contributed by atoms with Crippen LogP contribution in [0.15, 0.2) is 36.4 Å². The quantitative estimate of drug-likeness (QED) is 0.672. The highest BCUT2D eigenvalue weighted by Gasteiger charge is 2.26. The third-order valence-electron chi connectivity index (χ3n) is 3.27. The number of hydrogen-bond acceptors (Lipinski definition) is 3. The third-order valence-corrected chi connectivity index (χ3v) is 3.27. The molecule has 126 valence electrons. The number of rotatable bonds is 3. The highest BCUT2D eigenvalue weighted by atomic mass is 19.1. The van der Waals surface area contributed by atoms with Crippen molar-refractivity contribution in [2.45, 2.75) is 20.8 Å². The highest BCUT2D eigenvalue weighted by molar-refractivity contribution is 5.94. The fourth-order valence-electron chi connectivity index (χ4n) is 1.93. The molecule has 4 nitrogen and oxygen atoms in total. The summed E-state index contributed by atoms with van der Waals surface area (Å²) < 4.78 is 32.0. The molecule has 0 aliphatic carbocycles.